The number of hydrazone groups is 1. The zero-order valence-electron chi connectivity index (χ0n) is 11.2. The monoisotopic (exact) mass is 328 g/mol. The number of aryl methyl sites for hydroxylation is 2. The molecule has 0 aliphatic rings. The minimum Gasteiger partial charge on any atom is -0.266 e. The Kier molecular flexibility index (Phi) is 4.59. The lowest BCUT2D eigenvalue weighted by Gasteiger charge is -2.02. The lowest BCUT2D eigenvalue weighted by atomic mass is 10.2. The summed E-state index contributed by atoms with van der Waals surface area (Å²) >= 11 is 11.8. The summed E-state index contributed by atoms with van der Waals surface area (Å²) in [5.74, 6) is -1.08. The van der Waals surface area contributed by atoms with Crippen LogP contribution in [0.15, 0.2) is 23.3 Å². The van der Waals surface area contributed by atoms with Gasteiger partial charge in [-0.15, -0.1) is 0 Å². The van der Waals surface area contributed by atoms with Gasteiger partial charge < -0.3 is 0 Å². The van der Waals surface area contributed by atoms with Gasteiger partial charge in [0.2, 0.25) is 0 Å². The Morgan fingerprint density at radius 2 is 2.19 bits per heavy atom. The Balaban J connectivity index is 2.16. The van der Waals surface area contributed by atoms with Crippen LogP contribution >= 0.6 is 23.2 Å². The summed E-state index contributed by atoms with van der Waals surface area (Å²) in [5, 5.41) is 8.14. The predicted octanol–water partition coefficient (Wildman–Crippen LogP) is 2.94. The molecule has 110 valence electrons. The van der Waals surface area contributed by atoms with Crippen molar-refractivity contribution < 1.29 is 9.18 Å². The van der Waals surface area contributed by atoms with Crippen LogP contribution in [0.2, 0.25) is 10.0 Å². The Hall–Kier alpha value is -1.92. The van der Waals surface area contributed by atoms with Gasteiger partial charge in [0.15, 0.2) is 0 Å². The maximum Gasteiger partial charge on any atom is 0.291 e. The number of amides is 1. The fraction of sp³-hybridized carbons (Fsp3) is 0.154. The van der Waals surface area contributed by atoms with Gasteiger partial charge in [-0.25, -0.2) is 9.82 Å². The Labute approximate surface area is 130 Å². The van der Waals surface area contributed by atoms with Crippen LogP contribution in [0.4, 0.5) is 4.39 Å². The number of carbonyl (C=O) groups is 1. The fourth-order valence-electron chi connectivity index (χ4n) is 1.72. The number of hydrogen-bond donors (Lipinski definition) is 1. The topological polar surface area (TPSA) is 59.3 Å². The molecule has 0 bridgehead atoms. The second-order valence-electron chi connectivity index (χ2n) is 4.21. The van der Waals surface area contributed by atoms with E-state index in [-0.39, 0.29) is 21.3 Å². The first-order chi connectivity index (χ1) is 9.91. The van der Waals surface area contributed by atoms with E-state index in [1.165, 1.54) is 22.9 Å². The molecule has 1 heterocycles. The number of benzene rings is 1. The van der Waals surface area contributed by atoms with Gasteiger partial charge in [0.25, 0.3) is 5.91 Å². The van der Waals surface area contributed by atoms with Crippen LogP contribution in [0, 0.1) is 12.7 Å². The standard InChI is InChI=1S/C13H11Cl2FN4O/c1-7-11(15)12(20(2)19-7)13(21)18-17-6-8-9(14)4-3-5-10(8)16/h3-6H,1-2H3,(H,18,21). The molecule has 2 rings (SSSR count). The molecule has 0 spiro atoms. The lowest BCUT2D eigenvalue weighted by Crippen LogP contribution is -2.21. The molecule has 1 amide bonds. The maximum absolute atomic E-state index is 13.5. The first-order valence-electron chi connectivity index (χ1n) is 5.88. The predicted molar refractivity (Wildman–Crippen MR) is 79.4 cm³/mol. The molecule has 1 aromatic heterocycles. The zero-order chi connectivity index (χ0) is 15.6. The van der Waals surface area contributed by atoms with Crippen LogP contribution in [-0.4, -0.2) is 21.9 Å². The third-order valence-corrected chi connectivity index (χ3v) is 3.51. The molecule has 5 nitrogen and oxygen atoms in total. The molecule has 0 aliphatic carbocycles. The molecule has 2 aromatic rings. The van der Waals surface area contributed by atoms with Crippen molar-refractivity contribution in [3.05, 3.63) is 51.0 Å². The number of hydrogen-bond acceptors (Lipinski definition) is 3. The highest BCUT2D eigenvalue weighted by molar-refractivity contribution is 6.34. The number of rotatable bonds is 3. The summed E-state index contributed by atoms with van der Waals surface area (Å²) in [4.78, 5) is 12.0. The van der Waals surface area contributed by atoms with Crippen molar-refractivity contribution in [3.63, 3.8) is 0 Å². The molecule has 0 fully saturated rings. The van der Waals surface area contributed by atoms with Crippen LogP contribution in [0.1, 0.15) is 21.7 Å². The van der Waals surface area contributed by atoms with Gasteiger partial charge in [0, 0.05) is 12.6 Å². The number of halogens is 3. The summed E-state index contributed by atoms with van der Waals surface area (Å²) in [6.07, 6.45) is 1.13. The van der Waals surface area contributed by atoms with Gasteiger partial charge in [0.1, 0.15) is 11.5 Å². The van der Waals surface area contributed by atoms with Crippen LogP contribution in [0.3, 0.4) is 0 Å². The van der Waals surface area contributed by atoms with E-state index in [1.807, 2.05) is 0 Å². The summed E-state index contributed by atoms with van der Waals surface area (Å²) in [6.45, 7) is 1.68. The van der Waals surface area contributed by atoms with Crippen LogP contribution in [-0.2, 0) is 7.05 Å². The van der Waals surface area contributed by atoms with Gasteiger partial charge in [-0.05, 0) is 19.1 Å². The highest BCUT2D eigenvalue weighted by Gasteiger charge is 2.18. The van der Waals surface area contributed by atoms with Gasteiger partial charge in [0.05, 0.1) is 22.0 Å². The molecule has 21 heavy (non-hydrogen) atoms. The quantitative estimate of drug-likeness (QED) is 0.695. The first-order valence-corrected chi connectivity index (χ1v) is 6.64. The molecule has 0 atom stereocenters. The van der Waals surface area contributed by atoms with Gasteiger partial charge in [-0.2, -0.15) is 10.2 Å². The first kappa shape index (κ1) is 15.5. The average Bonchev–Trinajstić information content (AvgIpc) is 2.66. The van der Waals surface area contributed by atoms with Crippen molar-refractivity contribution in [1.82, 2.24) is 15.2 Å². The van der Waals surface area contributed by atoms with E-state index in [0.717, 1.165) is 6.21 Å². The van der Waals surface area contributed by atoms with E-state index in [9.17, 15) is 9.18 Å². The summed E-state index contributed by atoms with van der Waals surface area (Å²) in [6, 6.07) is 4.25. The summed E-state index contributed by atoms with van der Waals surface area (Å²) in [7, 11) is 1.59. The maximum atomic E-state index is 13.5. The minimum absolute atomic E-state index is 0.0896. The number of nitrogens with one attached hydrogen (secondary N) is 1. The van der Waals surface area contributed by atoms with Crippen LogP contribution in [0.5, 0.6) is 0 Å². The van der Waals surface area contributed by atoms with Crippen LogP contribution in [0.25, 0.3) is 0 Å². The van der Waals surface area contributed by atoms with Crippen molar-refractivity contribution in [1.29, 1.82) is 0 Å². The SMILES string of the molecule is Cc1nn(C)c(C(=O)NN=Cc2c(F)cccc2Cl)c1Cl. The van der Waals surface area contributed by atoms with E-state index in [2.05, 4.69) is 15.6 Å². The highest BCUT2D eigenvalue weighted by atomic mass is 35.5. The largest absolute Gasteiger partial charge is 0.291 e. The highest BCUT2D eigenvalue weighted by Crippen LogP contribution is 2.19. The number of aromatic nitrogens is 2. The van der Waals surface area contributed by atoms with Crippen molar-refractivity contribution >= 4 is 35.3 Å². The third kappa shape index (κ3) is 3.22. The van der Waals surface area contributed by atoms with E-state index < -0.39 is 11.7 Å². The molecule has 1 N–H and O–H groups in total. The fourth-order valence-corrected chi connectivity index (χ4v) is 2.18. The zero-order valence-corrected chi connectivity index (χ0v) is 12.7. The third-order valence-electron chi connectivity index (χ3n) is 2.72. The molecule has 0 unspecified atom stereocenters. The molecular weight excluding hydrogens is 318 g/mol. The van der Waals surface area contributed by atoms with E-state index in [0.29, 0.717) is 5.69 Å². The summed E-state index contributed by atoms with van der Waals surface area (Å²) < 4.78 is 14.9. The smallest absolute Gasteiger partial charge is 0.266 e. The normalized spacial score (nSPS) is 11.1. The van der Waals surface area contributed by atoms with Crippen LogP contribution < -0.4 is 5.43 Å². The number of nitrogens with zero attached hydrogens (tertiary/aromatic N) is 3. The second-order valence-corrected chi connectivity index (χ2v) is 4.99. The van der Waals surface area contributed by atoms with E-state index >= 15 is 0 Å². The summed E-state index contributed by atoms with van der Waals surface area (Å²) in [5.41, 5.74) is 3.05. The molecule has 0 saturated carbocycles. The molecule has 0 radical (unpaired) electrons. The molecule has 0 aliphatic heterocycles. The van der Waals surface area contributed by atoms with Gasteiger partial charge >= 0.3 is 0 Å². The van der Waals surface area contributed by atoms with Crippen molar-refractivity contribution in [2.24, 2.45) is 12.1 Å². The van der Waals surface area contributed by atoms with Crippen molar-refractivity contribution in [3.8, 4) is 0 Å². The minimum atomic E-state index is -0.549. The average molecular weight is 329 g/mol. The Morgan fingerprint density at radius 3 is 2.76 bits per heavy atom. The van der Waals surface area contributed by atoms with Gasteiger partial charge in [-0.1, -0.05) is 29.3 Å². The second kappa shape index (κ2) is 6.24. The van der Waals surface area contributed by atoms with Crippen molar-refractivity contribution in [2.75, 3.05) is 0 Å². The molecule has 1 aromatic carbocycles. The number of carbonyl (C=O) groups excluding carboxylic acids is 1. The Bertz CT molecular complexity index is 707. The van der Waals surface area contributed by atoms with E-state index in [4.69, 9.17) is 23.2 Å². The van der Waals surface area contributed by atoms with E-state index in [1.54, 1.807) is 14.0 Å². The van der Waals surface area contributed by atoms with Gasteiger partial charge in [-0.3, -0.25) is 9.48 Å². The molecule has 8 heteroatoms. The lowest BCUT2D eigenvalue weighted by molar-refractivity contribution is 0.0946. The van der Waals surface area contributed by atoms with Crippen molar-refractivity contribution in [2.45, 2.75) is 6.92 Å². The molecule has 0 saturated heterocycles. The Morgan fingerprint density at radius 1 is 1.48 bits per heavy atom. The molecular formula is C13H11Cl2FN4O.